The maximum absolute atomic E-state index is 13.6. The van der Waals surface area contributed by atoms with Crippen LogP contribution in [-0.2, 0) is 0 Å². The van der Waals surface area contributed by atoms with Crippen LogP contribution in [0.5, 0.6) is 5.75 Å². The molecule has 7 heteroatoms. The molecule has 0 unspecified atom stereocenters. The Kier molecular flexibility index (Phi) is 5.63. The molecule has 0 bridgehead atoms. The van der Waals surface area contributed by atoms with Crippen LogP contribution in [0.15, 0.2) is 40.9 Å². The largest absolute Gasteiger partial charge is 0.494 e. The van der Waals surface area contributed by atoms with Crippen LogP contribution < -0.4 is 4.74 Å². The molecule has 3 aromatic rings. The predicted octanol–water partition coefficient (Wildman–Crippen LogP) is 4.35. The number of ketones is 2. The fourth-order valence-corrected chi connectivity index (χ4v) is 2.75. The second kappa shape index (κ2) is 8.12. The number of rotatable bonds is 7. The Bertz CT molecular complexity index is 1040. The summed E-state index contributed by atoms with van der Waals surface area (Å²) in [4.78, 5) is 29.0. The van der Waals surface area contributed by atoms with Gasteiger partial charge in [-0.15, -0.1) is 0 Å². The van der Waals surface area contributed by atoms with Gasteiger partial charge in [-0.3, -0.25) is 9.59 Å². The first-order chi connectivity index (χ1) is 13.4. The van der Waals surface area contributed by atoms with E-state index in [9.17, 15) is 14.0 Å². The molecule has 0 radical (unpaired) electrons. The highest BCUT2D eigenvalue weighted by molar-refractivity contribution is 6.00. The molecule has 0 amide bonds. The number of ether oxygens (including phenoxy) is 1. The van der Waals surface area contributed by atoms with Gasteiger partial charge in [0.15, 0.2) is 11.6 Å². The smallest absolute Gasteiger partial charge is 0.185 e. The Morgan fingerprint density at radius 1 is 1.04 bits per heavy atom. The first-order valence-corrected chi connectivity index (χ1v) is 8.70. The fourth-order valence-electron chi connectivity index (χ4n) is 2.75. The number of benzene rings is 1. The van der Waals surface area contributed by atoms with Crippen LogP contribution in [0.3, 0.4) is 0 Å². The van der Waals surface area contributed by atoms with E-state index in [1.807, 2.05) is 0 Å². The summed E-state index contributed by atoms with van der Waals surface area (Å²) in [6.07, 6.45) is -0.00450. The monoisotopic (exact) mass is 382 g/mol. The van der Waals surface area contributed by atoms with E-state index >= 15 is 0 Å². The fraction of sp³-hybridized carbons (Fsp3) is 0.238. The van der Waals surface area contributed by atoms with Crippen molar-refractivity contribution in [2.75, 3.05) is 7.11 Å². The standard InChI is InChI=1S/C21H19FN2O4/c1-12-10-14(4-5-15(12)22)21-20(27-3)9-6-16(23-21)18(25)7-8-19(26)17-11-13(2)28-24-17/h4-6,9-11H,7-8H2,1-3H3. The molecular formula is C21H19FN2O4. The molecule has 0 aliphatic carbocycles. The van der Waals surface area contributed by atoms with E-state index in [4.69, 9.17) is 9.26 Å². The van der Waals surface area contributed by atoms with Crippen LogP contribution in [0, 0.1) is 19.7 Å². The van der Waals surface area contributed by atoms with Gasteiger partial charge < -0.3 is 9.26 Å². The van der Waals surface area contributed by atoms with Gasteiger partial charge in [-0.1, -0.05) is 5.16 Å². The summed E-state index contributed by atoms with van der Waals surface area (Å²) in [5.74, 6) is 0.128. The molecule has 1 aromatic carbocycles. The first-order valence-electron chi connectivity index (χ1n) is 8.70. The number of Topliss-reactive ketones (excluding diaryl/α,β-unsaturated/α-hetero) is 2. The Hall–Kier alpha value is -3.35. The Morgan fingerprint density at radius 3 is 2.36 bits per heavy atom. The second-order valence-corrected chi connectivity index (χ2v) is 6.38. The maximum atomic E-state index is 13.6. The lowest BCUT2D eigenvalue weighted by Gasteiger charge is -2.10. The number of nitrogens with zero attached hydrogens (tertiary/aromatic N) is 2. The summed E-state index contributed by atoms with van der Waals surface area (Å²) in [5, 5.41) is 3.66. The van der Waals surface area contributed by atoms with Crippen LogP contribution in [-0.4, -0.2) is 28.8 Å². The number of methoxy groups -OCH3 is 1. The number of hydrogen-bond acceptors (Lipinski definition) is 6. The number of pyridine rings is 1. The molecule has 0 fully saturated rings. The minimum Gasteiger partial charge on any atom is -0.494 e. The lowest BCUT2D eigenvalue weighted by atomic mass is 10.0. The number of carbonyl (C=O) groups excluding carboxylic acids is 2. The minimum atomic E-state index is -0.323. The van der Waals surface area contributed by atoms with Gasteiger partial charge in [0.1, 0.15) is 34.4 Å². The van der Waals surface area contributed by atoms with Gasteiger partial charge in [0.05, 0.1) is 7.11 Å². The van der Waals surface area contributed by atoms with Crippen LogP contribution in [0.2, 0.25) is 0 Å². The zero-order valence-electron chi connectivity index (χ0n) is 15.8. The van der Waals surface area contributed by atoms with E-state index in [1.165, 1.54) is 19.2 Å². The van der Waals surface area contributed by atoms with Crippen molar-refractivity contribution in [1.82, 2.24) is 10.1 Å². The molecule has 6 nitrogen and oxygen atoms in total. The van der Waals surface area contributed by atoms with Crippen molar-refractivity contribution in [3.8, 4) is 17.0 Å². The van der Waals surface area contributed by atoms with Gasteiger partial charge in [-0.25, -0.2) is 9.37 Å². The van der Waals surface area contributed by atoms with E-state index in [-0.39, 0.29) is 41.6 Å². The summed E-state index contributed by atoms with van der Waals surface area (Å²) < 4.78 is 23.8. The van der Waals surface area contributed by atoms with Gasteiger partial charge in [0.25, 0.3) is 0 Å². The molecule has 0 aliphatic rings. The Balaban J connectivity index is 1.81. The molecule has 28 heavy (non-hydrogen) atoms. The van der Waals surface area contributed by atoms with Crippen molar-refractivity contribution in [2.24, 2.45) is 0 Å². The first kappa shape index (κ1) is 19.4. The molecule has 0 saturated carbocycles. The molecular weight excluding hydrogens is 363 g/mol. The third-order valence-electron chi connectivity index (χ3n) is 4.29. The van der Waals surface area contributed by atoms with E-state index < -0.39 is 0 Å². The molecule has 0 N–H and O–H groups in total. The van der Waals surface area contributed by atoms with Crippen molar-refractivity contribution in [3.05, 3.63) is 64.9 Å². The van der Waals surface area contributed by atoms with Crippen molar-refractivity contribution < 1.29 is 23.2 Å². The number of hydrogen-bond donors (Lipinski definition) is 0. The van der Waals surface area contributed by atoms with E-state index in [1.54, 1.807) is 38.1 Å². The quantitative estimate of drug-likeness (QED) is 0.565. The molecule has 0 spiro atoms. The van der Waals surface area contributed by atoms with Crippen LogP contribution in [0.25, 0.3) is 11.3 Å². The topological polar surface area (TPSA) is 82.3 Å². The number of halogens is 1. The number of aryl methyl sites for hydroxylation is 2. The zero-order valence-corrected chi connectivity index (χ0v) is 15.8. The lowest BCUT2D eigenvalue weighted by molar-refractivity contribution is 0.0910. The van der Waals surface area contributed by atoms with Crippen LogP contribution >= 0.6 is 0 Å². The summed E-state index contributed by atoms with van der Waals surface area (Å²) >= 11 is 0. The third-order valence-corrected chi connectivity index (χ3v) is 4.29. The summed E-state index contributed by atoms with van der Waals surface area (Å²) in [6, 6.07) is 9.29. The van der Waals surface area contributed by atoms with Crippen molar-refractivity contribution >= 4 is 11.6 Å². The summed E-state index contributed by atoms with van der Waals surface area (Å²) in [7, 11) is 1.50. The zero-order chi connectivity index (χ0) is 20.3. The van der Waals surface area contributed by atoms with E-state index in [2.05, 4.69) is 10.1 Å². The molecule has 2 heterocycles. The second-order valence-electron chi connectivity index (χ2n) is 6.38. The van der Waals surface area contributed by atoms with E-state index in [0.717, 1.165) is 0 Å². The van der Waals surface area contributed by atoms with E-state index in [0.29, 0.717) is 28.3 Å². The van der Waals surface area contributed by atoms with Crippen molar-refractivity contribution in [3.63, 3.8) is 0 Å². The third kappa shape index (κ3) is 4.14. The maximum Gasteiger partial charge on any atom is 0.185 e. The molecule has 2 aromatic heterocycles. The SMILES string of the molecule is COc1ccc(C(=O)CCC(=O)c2cc(C)on2)nc1-c1ccc(F)c(C)c1. The van der Waals surface area contributed by atoms with Gasteiger partial charge in [0, 0.05) is 24.5 Å². The minimum absolute atomic E-state index is 0.00348. The molecule has 0 aliphatic heterocycles. The highest BCUT2D eigenvalue weighted by atomic mass is 19.1. The summed E-state index contributed by atoms with van der Waals surface area (Å²) in [6.45, 7) is 3.34. The molecule has 3 rings (SSSR count). The van der Waals surface area contributed by atoms with Gasteiger partial charge in [-0.2, -0.15) is 0 Å². The molecule has 0 saturated heterocycles. The summed E-state index contributed by atoms with van der Waals surface area (Å²) in [5.41, 5.74) is 1.96. The van der Waals surface area contributed by atoms with Crippen LogP contribution in [0.1, 0.15) is 45.1 Å². The Morgan fingerprint density at radius 2 is 1.75 bits per heavy atom. The van der Waals surface area contributed by atoms with Gasteiger partial charge in [-0.05, 0) is 49.7 Å². The van der Waals surface area contributed by atoms with Crippen LogP contribution in [0.4, 0.5) is 4.39 Å². The highest BCUT2D eigenvalue weighted by Crippen LogP contribution is 2.29. The number of aromatic nitrogens is 2. The van der Waals surface area contributed by atoms with Crippen molar-refractivity contribution in [2.45, 2.75) is 26.7 Å². The average Bonchev–Trinajstić information content (AvgIpc) is 3.14. The van der Waals surface area contributed by atoms with Gasteiger partial charge in [0.2, 0.25) is 0 Å². The highest BCUT2D eigenvalue weighted by Gasteiger charge is 2.17. The average molecular weight is 382 g/mol. The number of carbonyl (C=O) groups is 2. The predicted molar refractivity (Wildman–Crippen MR) is 100 cm³/mol. The van der Waals surface area contributed by atoms with Crippen molar-refractivity contribution in [1.29, 1.82) is 0 Å². The molecule has 144 valence electrons. The molecule has 0 atom stereocenters. The normalized spacial score (nSPS) is 10.7. The van der Waals surface area contributed by atoms with Gasteiger partial charge >= 0.3 is 0 Å². The lowest BCUT2D eigenvalue weighted by Crippen LogP contribution is -2.08. The Labute approximate surface area is 161 Å².